The highest BCUT2D eigenvalue weighted by atomic mass is 16.5. The van der Waals surface area contributed by atoms with E-state index in [4.69, 9.17) is 20.3 Å². The van der Waals surface area contributed by atoms with Gasteiger partial charge in [-0.15, -0.1) is 0 Å². The van der Waals surface area contributed by atoms with Crippen molar-refractivity contribution in [3.8, 4) is 0 Å². The Labute approximate surface area is 114 Å². The topological polar surface area (TPSA) is 93.8 Å². The SMILES string of the molecule is C=C(CCC(N)C(=C)O)NCCOCCOCC=O. The first kappa shape index (κ1) is 17.6. The summed E-state index contributed by atoms with van der Waals surface area (Å²) in [5, 5.41) is 12.1. The summed E-state index contributed by atoms with van der Waals surface area (Å²) in [6, 6.07) is -0.412. The summed E-state index contributed by atoms with van der Waals surface area (Å²) >= 11 is 0. The molecular formula is C13H24N2O4. The summed E-state index contributed by atoms with van der Waals surface area (Å²) in [6.07, 6.45) is 1.97. The molecule has 0 aliphatic heterocycles. The van der Waals surface area contributed by atoms with E-state index in [1.54, 1.807) is 0 Å². The first-order chi connectivity index (χ1) is 9.07. The van der Waals surface area contributed by atoms with Crippen molar-refractivity contribution in [2.45, 2.75) is 18.9 Å². The number of nitrogens with one attached hydrogen (secondary N) is 1. The monoisotopic (exact) mass is 272 g/mol. The van der Waals surface area contributed by atoms with Crippen molar-refractivity contribution in [2.24, 2.45) is 5.73 Å². The fourth-order valence-electron chi connectivity index (χ4n) is 1.24. The summed E-state index contributed by atoms with van der Waals surface area (Å²) in [6.45, 7) is 9.37. The molecule has 0 aliphatic carbocycles. The van der Waals surface area contributed by atoms with Crippen LogP contribution in [0.5, 0.6) is 0 Å². The Morgan fingerprint density at radius 2 is 2.00 bits per heavy atom. The van der Waals surface area contributed by atoms with Gasteiger partial charge in [0.25, 0.3) is 0 Å². The minimum atomic E-state index is -0.412. The number of hydrogen-bond donors (Lipinski definition) is 3. The van der Waals surface area contributed by atoms with Crippen molar-refractivity contribution in [2.75, 3.05) is 33.0 Å². The Hall–Kier alpha value is -1.37. The number of aldehydes is 1. The van der Waals surface area contributed by atoms with Gasteiger partial charge in [0.1, 0.15) is 18.7 Å². The van der Waals surface area contributed by atoms with Gasteiger partial charge in [0.15, 0.2) is 0 Å². The van der Waals surface area contributed by atoms with E-state index < -0.39 is 6.04 Å². The number of carbonyl (C=O) groups is 1. The molecule has 1 atom stereocenters. The van der Waals surface area contributed by atoms with E-state index in [2.05, 4.69) is 18.5 Å². The second-order valence-electron chi connectivity index (χ2n) is 4.02. The summed E-state index contributed by atoms with van der Waals surface area (Å²) in [4.78, 5) is 9.95. The van der Waals surface area contributed by atoms with Crippen molar-refractivity contribution in [3.63, 3.8) is 0 Å². The van der Waals surface area contributed by atoms with E-state index in [9.17, 15) is 4.79 Å². The highest BCUT2D eigenvalue weighted by Gasteiger charge is 2.05. The Balaban J connectivity index is 3.34. The van der Waals surface area contributed by atoms with Crippen molar-refractivity contribution in [3.05, 3.63) is 24.6 Å². The first-order valence-electron chi connectivity index (χ1n) is 6.22. The Morgan fingerprint density at radius 3 is 2.63 bits per heavy atom. The summed E-state index contributed by atoms with van der Waals surface area (Å²) in [5.41, 5.74) is 6.46. The van der Waals surface area contributed by atoms with E-state index in [1.807, 2.05) is 0 Å². The van der Waals surface area contributed by atoms with Gasteiger partial charge in [-0.05, 0) is 12.8 Å². The van der Waals surface area contributed by atoms with Crippen LogP contribution in [0.25, 0.3) is 0 Å². The zero-order valence-corrected chi connectivity index (χ0v) is 11.3. The molecule has 6 nitrogen and oxygen atoms in total. The number of aliphatic hydroxyl groups excluding tert-OH is 1. The molecule has 4 N–H and O–H groups in total. The average molecular weight is 272 g/mol. The zero-order valence-electron chi connectivity index (χ0n) is 11.3. The van der Waals surface area contributed by atoms with Gasteiger partial charge in [-0.1, -0.05) is 13.2 Å². The van der Waals surface area contributed by atoms with E-state index in [-0.39, 0.29) is 12.4 Å². The quantitative estimate of drug-likeness (QED) is 0.257. The van der Waals surface area contributed by atoms with Crippen molar-refractivity contribution in [1.29, 1.82) is 0 Å². The maximum absolute atomic E-state index is 9.95. The number of nitrogens with two attached hydrogens (primary N) is 1. The van der Waals surface area contributed by atoms with E-state index in [0.717, 1.165) is 5.70 Å². The molecule has 0 aliphatic rings. The second kappa shape index (κ2) is 11.7. The molecule has 1 unspecified atom stereocenters. The molecule has 0 aromatic heterocycles. The normalized spacial score (nSPS) is 11.8. The third-order valence-electron chi connectivity index (χ3n) is 2.36. The Morgan fingerprint density at radius 1 is 1.32 bits per heavy atom. The van der Waals surface area contributed by atoms with E-state index in [1.165, 1.54) is 0 Å². The lowest BCUT2D eigenvalue weighted by molar-refractivity contribution is -0.112. The van der Waals surface area contributed by atoms with Crippen LogP contribution in [-0.4, -0.2) is 50.4 Å². The highest BCUT2D eigenvalue weighted by molar-refractivity contribution is 5.50. The molecular weight excluding hydrogens is 248 g/mol. The molecule has 110 valence electrons. The van der Waals surface area contributed by atoms with Crippen LogP contribution < -0.4 is 11.1 Å². The van der Waals surface area contributed by atoms with Crippen LogP contribution in [0, 0.1) is 0 Å². The number of hydrogen-bond acceptors (Lipinski definition) is 6. The molecule has 0 bridgehead atoms. The van der Waals surface area contributed by atoms with Crippen molar-refractivity contribution < 1.29 is 19.4 Å². The van der Waals surface area contributed by atoms with Crippen LogP contribution >= 0.6 is 0 Å². The molecule has 0 radical (unpaired) electrons. The van der Waals surface area contributed by atoms with Crippen molar-refractivity contribution in [1.82, 2.24) is 5.32 Å². The second-order valence-corrected chi connectivity index (χ2v) is 4.02. The van der Waals surface area contributed by atoms with Gasteiger partial charge >= 0.3 is 0 Å². The van der Waals surface area contributed by atoms with E-state index in [0.29, 0.717) is 45.5 Å². The van der Waals surface area contributed by atoms with Crippen LogP contribution in [0.3, 0.4) is 0 Å². The lowest BCUT2D eigenvalue weighted by atomic mass is 10.1. The number of ether oxygens (including phenoxy) is 2. The molecule has 0 aromatic rings. The summed E-state index contributed by atoms with van der Waals surface area (Å²) in [7, 11) is 0. The van der Waals surface area contributed by atoms with Crippen molar-refractivity contribution >= 4 is 6.29 Å². The van der Waals surface area contributed by atoms with Crippen LogP contribution in [0.15, 0.2) is 24.6 Å². The van der Waals surface area contributed by atoms with Crippen LogP contribution in [0.2, 0.25) is 0 Å². The van der Waals surface area contributed by atoms with Gasteiger partial charge < -0.3 is 30.4 Å². The van der Waals surface area contributed by atoms with Crippen LogP contribution in [0.1, 0.15) is 12.8 Å². The molecule has 0 heterocycles. The maximum atomic E-state index is 9.95. The average Bonchev–Trinajstić information content (AvgIpc) is 2.38. The Kier molecular flexibility index (Phi) is 10.9. The van der Waals surface area contributed by atoms with E-state index >= 15 is 0 Å². The Bertz CT molecular complexity index is 282. The fraction of sp³-hybridized carbons (Fsp3) is 0.615. The van der Waals surface area contributed by atoms with Gasteiger partial charge in [-0.25, -0.2) is 0 Å². The van der Waals surface area contributed by atoms with Gasteiger partial charge in [0, 0.05) is 12.2 Å². The predicted molar refractivity (Wildman–Crippen MR) is 73.8 cm³/mol. The first-order valence-corrected chi connectivity index (χ1v) is 6.22. The zero-order chi connectivity index (χ0) is 14.5. The van der Waals surface area contributed by atoms with Gasteiger partial charge in [0.05, 0.1) is 25.9 Å². The summed E-state index contributed by atoms with van der Waals surface area (Å²) in [5.74, 6) is -0.00791. The lowest BCUT2D eigenvalue weighted by Gasteiger charge is -2.13. The largest absolute Gasteiger partial charge is 0.511 e. The minimum Gasteiger partial charge on any atom is -0.511 e. The fourth-order valence-corrected chi connectivity index (χ4v) is 1.24. The molecule has 0 fully saturated rings. The van der Waals surface area contributed by atoms with Gasteiger partial charge in [-0.3, -0.25) is 0 Å². The maximum Gasteiger partial charge on any atom is 0.145 e. The van der Waals surface area contributed by atoms with Gasteiger partial charge in [0.2, 0.25) is 0 Å². The molecule has 0 saturated carbocycles. The standard InChI is InChI=1S/C13H24N2O4/c1-11(3-4-13(14)12(2)17)15-5-7-18-9-10-19-8-6-16/h6,13,15,17H,1-5,7-10,14H2. The number of aliphatic hydroxyl groups is 1. The van der Waals surface area contributed by atoms with Gasteiger partial charge in [-0.2, -0.15) is 0 Å². The number of allylic oxidation sites excluding steroid dienone is 1. The van der Waals surface area contributed by atoms with Crippen LogP contribution in [-0.2, 0) is 14.3 Å². The third-order valence-corrected chi connectivity index (χ3v) is 2.36. The minimum absolute atomic E-state index is 0.00791. The molecule has 6 heteroatoms. The number of rotatable bonds is 13. The third kappa shape index (κ3) is 11.5. The molecule has 0 saturated heterocycles. The molecule has 19 heavy (non-hydrogen) atoms. The molecule has 0 spiro atoms. The number of carbonyl (C=O) groups excluding carboxylic acids is 1. The lowest BCUT2D eigenvalue weighted by Crippen LogP contribution is -2.24. The molecule has 0 amide bonds. The smallest absolute Gasteiger partial charge is 0.145 e. The molecule has 0 aromatic carbocycles. The molecule has 0 rings (SSSR count). The van der Waals surface area contributed by atoms with Crippen LogP contribution in [0.4, 0.5) is 0 Å². The highest BCUT2D eigenvalue weighted by Crippen LogP contribution is 2.05. The predicted octanol–water partition coefficient (Wildman–Crippen LogP) is 0.501. The summed E-state index contributed by atoms with van der Waals surface area (Å²) < 4.78 is 10.2.